The molecule has 1 aliphatic rings. The monoisotopic (exact) mass is 290 g/mol. The molecule has 1 atom stereocenters. The first-order valence-corrected chi connectivity index (χ1v) is 8.46. The Kier molecular flexibility index (Phi) is 5.97. The number of nitrogens with one attached hydrogen (secondary N) is 1. The number of aromatic nitrogens is 2. The first-order valence-electron chi connectivity index (χ1n) is 8.46. The molecule has 0 aromatic carbocycles. The second-order valence-corrected chi connectivity index (χ2v) is 6.39. The third-order valence-electron chi connectivity index (χ3n) is 4.29. The molecule has 1 aliphatic heterocycles. The van der Waals surface area contributed by atoms with Gasteiger partial charge in [-0.05, 0) is 26.3 Å². The van der Waals surface area contributed by atoms with E-state index in [1.54, 1.807) is 0 Å². The highest BCUT2D eigenvalue weighted by Gasteiger charge is 2.21. The van der Waals surface area contributed by atoms with Gasteiger partial charge in [-0.15, -0.1) is 0 Å². The van der Waals surface area contributed by atoms with Crippen LogP contribution in [-0.2, 0) is 6.54 Å². The smallest absolute Gasteiger partial charge is 0.131 e. The van der Waals surface area contributed by atoms with E-state index in [-0.39, 0.29) is 0 Å². The van der Waals surface area contributed by atoms with Crippen molar-refractivity contribution in [3.8, 4) is 0 Å². The van der Waals surface area contributed by atoms with E-state index in [0.29, 0.717) is 12.0 Å². The van der Waals surface area contributed by atoms with E-state index in [4.69, 9.17) is 4.98 Å². The summed E-state index contributed by atoms with van der Waals surface area (Å²) in [6.07, 6.45) is 7.28. The fourth-order valence-corrected chi connectivity index (χ4v) is 2.95. The average Bonchev–Trinajstić information content (AvgIpc) is 2.69. The van der Waals surface area contributed by atoms with Crippen LogP contribution in [-0.4, -0.2) is 29.1 Å². The molecule has 118 valence electrons. The number of anilines is 1. The van der Waals surface area contributed by atoms with Gasteiger partial charge in [-0.3, -0.25) is 0 Å². The van der Waals surface area contributed by atoms with Crippen LogP contribution in [0.4, 0.5) is 5.69 Å². The van der Waals surface area contributed by atoms with Crippen LogP contribution in [0, 0.1) is 0 Å². The van der Waals surface area contributed by atoms with Gasteiger partial charge in [-0.25, -0.2) is 9.97 Å². The molecule has 0 amide bonds. The van der Waals surface area contributed by atoms with Crippen molar-refractivity contribution in [2.45, 2.75) is 71.9 Å². The Morgan fingerprint density at radius 3 is 2.86 bits per heavy atom. The minimum absolute atomic E-state index is 0.376. The van der Waals surface area contributed by atoms with Crippen molar-refractivity contribution in [2.24, 2.45) is 0 Å². The fourth-order valence-electron chi connectivity index (χ4n) is 2.95. The summed E-state index contributed by atoms with van der Waals surface area (Å²) in [6.45, 7) is 11.7. The van der Waals surface area contributed by atoms with E-state index in [9.17, 15) is 0 Å². The second kappa shape index (κ2) is 7.74. The van der Waals surface area contributed by atoms with E-state index >= 15 is 0 Å². The highest BCUT2D eigenvalue weighted by atomic mass is 15.2. The summed E-state index contributed by atoms with van der Waals surface area (Å²) < 4.78 is 0. The van der Waals surface area contributed by atoms with Crippen LogP contribution in [0.25, 0.3) is 0 Å². The van der Waals surface area contributed by atoms with Crippen LogP contribution in [0.3, 0.4) is 0 Å². The van der Waals surface area contributed by atoms with E-state index in [1.807, 2.05) is 0 Å². The molecule has 0 spiro atoms. The van der Waals surface area contributed by atoms with Crippen LogP contribution in [0.15, 0.2) is 6.20 Å². The summed E-state index contributed by atoms with van der Waals surface area (Å²) in [6, 6.07) is 0.585. The minimum atomic E-state index is 0.376. The van der Waals surface area contributed by atoms with Crippen LogP contribution < -0.4 is 10.2 Å². The normalized spacial score (nSPS) is 19.9. The summed E-state index contributed by atoms with van der Waals surface area (Å²) in [5, 5.41) is 3.42. The Hall–Kier alpha value is -1.16. The Bertz CT molecular complexity index is 444. The van der Waals surface area contributed by atoms with Crippen molar-refractivity contribution in [1.29, 1.82) is 0 Å². The Morgan fingerprint density at radius 2 is 2.14 bits per heavy atom. The SMILES string of the molecule is CCNCc1nc(C(C)C)ncc1N1CCCCCC1C. The highest BCUT2D eigenvalue weighted by molar-refractivity contribution is 5.50. The maximum atomic E-state index is 4.83. The molecule has 0 radical (unpaired) electrons. The largest absolute Gasteiger partial charge is 0.366 e. The molecule has 1 aromatic rings. The van der Waals surface area contributed by atoms with Gasteiger partial charge < -0.3 is 10.2 Å². The lowest BCUT2D eigenvalue weighted by Crippen LogP contribution is -2.34. The maximum Gasteiger partial charge on any atom is 0.131 e. The molecule has 4 heteroatoms. The quantitative estimate of drug-likeness (QED) is 0.901. The molecule has 1 fully saturated rings. The van der Waals surface area contributed by atoms with E-state index in [1.165, 1.54) is 31.4 Å². The zero-order valence-electron chi connectivity index (χ0n) is 14.0. The van der Waals surface area contributed by atoms with Gasteiger partial charge >= 0.3 is 0 Å². The molecule has 0 bridgehead atoms. The molecule has 1 N–H and O–H groups in total. The number of rotatable bonds is 5. The van der Waals surface area contributed by atoms with Gasteiger partial charge in [-0.2, -0.15) is 0 Å². The number of nitrogens with zero attached hydrogens (tertiary/aromatic N) is 3. The number of hydrogen-bond donors (Lipinski definition) is 1. The molecule has 1 aromatic heterocycles. The van der Waals surface area contributed by atoms with Gasteiger partial charge in [0.05, 0.1) is 17.6 Å². The molecular formula is C17H30N4. The third-order valence-corrected chi connectivity index (χ3v) is 4.29. The Morgan fingerprint density at radius 1 is 1.33 bits per heavy atom. The van der Waals surface area contributed by atoms with Gasteiger partial charge in [0, 0.05) is 25.0 Å². The topological polar surface area (TPSA) is 41.1 Å². The summed E-state index contributed by atoms with van der Waals surface area (Å²) >= 11 is 0. The lowest BCUT2D eigenvalue weighted by molar-refractivity contribution is 0.605. The summed E-state index contributed by atoms with van der Waals surface area (Å²) in [4.78, 5) is 12.0. The van der Waals surface area contributed by atoms with Crippen molar-refractivity contribution < 1.29 is 0 Å². The van der Waals surface area contributed by atoms with Gasteiger partial charge in [0.25, 0.3) is 0 Å². The third kappa shape index (κ3) is 4.16. The Balaban J connectivity index is 2.30. The van der Waals surface area contributed by atoms with Gasteiger partial charge in [-0.1, -0.05) is 33.6 Å². The highest BCUT2D eigenvalue weighted by Crippen LogP contribution is 2.27. The summed E-state index contributed by atoms with van der Waals surface area (Å²) in [5.74, 6) is 1.33. The van der Waals surface area contributed by atoms with Crippen LogP contribution in [0.1, 0.15) is 70.8 Å². The zero-order valence-corrected chi connectivity index (χ0v) is 14.0. The lowest BCUT2D eigenvalue weighted by Gasteiger charge is -2.31. The van der Waals surface area contributed by atoms with E-state index in [0.717, 1.165) is 31.2 Å². The van der Waals surface area contributed by atoms with E-state index in [2.05, 4.69) is 49.1 Å². The van der Waals surface area contributed by atoms with Crippen molar-refractivity contribution in [3.05, 3.63) is 17.7 Å². The first kappa shape index (κ1) is 16.2. The predicted octanol–water partition coefficient (Wildman–Crippen LogP) is 3.48. The molecule has 2 rings (SSSR count). The average molecular weight is 290 g/mol. The van der Waals surface area contributed by atoms with Crippen molar-refractivity contribution in [3.63, 3.8) is 0 Å². The molecular weight excluding hydrogens is 260 g/mol. The van der Waals surface area contributed by atoms with E-state index < -0.39 is 0 Å². The van der Waals surface area contributed by atoms with Gasteiger partial charge in [0.2, 0.25) is 0 Å². The first-order chi connectivity index (χ1) is 10.1. The van der Waals surface area contributed by atoms with Crippen molar-refractivity contribution in [2.75, 3.05) is 18.0 Å². The lowest BCUT2D eigenvalue weighted by atomic mass is 10.1. The van der Waals surface area contributed by atoms with Crippen molar-refractivity contribution in [1.82, 2.24) is 15.3 Å². The van der Waals surface area contributed by atoms with Gasteiger partial charge in [0.1, 0.15) is 5.82 Å². The standard InChI is InChI=1S/C17H30N4/c1-5-18-11-15-16(12-19-17(20-15)13(2)3)21-10-8-6-7-9-14(21)4/h12-14,18H,5-11H2,1-4H3. The molecule has 1 unspecified atom stereocenters. The van der Waals surface area contributed by atoms with Crippen LogP contribution in [0.2, 0.25) is 0 Å². The maximum absolute atomic E-state index is 4.83. The van der Waals surface area contributed by atoms with Gasteiger partial charge in [0.15, 0.2) is 0 Å². The summed E-state index contributed by atoms with van der Waals surface area (Å²) in [5.41, 5.74) is 2.39. The zero-order chi connectivity index (χ0) is 15.2. The van der Waals surface area contributed by atoms with Crippen LogP contribution in [0.5, 0.6) is 0 Å². The minimum Gasteiger partial charge on any atom is -0.366 e. The predicted molar refractivity (Wildman–Crippen MR) is 88.8 cm³/mol. The Labute approximate surface area is 129 Å². The molecule has 0 aliphatic carbocycles. The van der Waals surface area contributed by atoms with Crippen LogP contribution >= 0.6 is 0 Å². The number of hydrogen-bond acceptors (Lipinski definition) is 4. The summed E-state index contributed by atoms with van der Waals surface area (Å²) in [7, 11) is 0. The molecule has 0 saturated carbocycles. The molecule has 21 heavy (non-hydrogen) atoms. The molecule has 2 heterocycles. The molecule has 4 nitrogen and oxygen atoms in total. The fraction of sp³-hybridized carbons (Fsp3) is 0.765. The molecule has 1 saturated heterocycles. The second-order valence-electron chi connectivity index (χ2n) is 6.39. The van der Waals surface area contributed by atoms with Crippen molar-refractivity contribution >= 4 is 5.69 Å².